The molecular formula is C28H40N2O8. The minimum absolute atomic E-state index is 0.104. The lowest BCUT2D eigenvalue weighted by molar-refractivity contribution is -0.384. The number of nitrogens with zero attached hydrogens (tertiary/aromatic N) is 1. The van der Waals surface area contributed by atoms with Gasteiger partial charge in [0.2, 0.25) is 0 Å². The van der Waals surface area contributed by atoms with Gasteiger partial charge in [0.15, 0.2) is 0 Å². The van der Waals surface area contributed by atoms with Crippen molar-refractivity contribution in [3.05, 3.63) is 62.9 Å². The van der Waals surface area contributed by atoms with E-state index in [1.165, 1.54) is 50.3 Å². The highest BCUT2D eigenvalue weighted by Crippen LogP contribution is 2.40. The molecule has 210 valence electrons. The molecule has 1 aromatic rings. The molecule has 0 fully saturated rings. The van der Waals surface area contributed by atoms with E-state index in [0.29, 0.717) is 17.0 Å². The number of carbonyl (C=O) groups is 2. The van der Waals surface area contributed by atoms with Crippen molar-refractivity contribution < 1.29 is 33.5 Å². The molecular weight excluding hydrogens is 492 g/mol. The first kappa shape index (κ1) is 30.7. The summed E-state index contributed by atoms with van der Waals surface area (Å²) in [6.07, 6.45) is 6.62. The SMILES string of the molecule is CCCCCCCCCCOC(=O)OC1=C(C)NC(C)=C(OC(=O)OC(C)C)C1c1cccc([N+](=O)[O-])c1. The molecule has 1 aromatic carbocycles. The van der Waals surface area contributed by atoms with E-state index in [0.717, 1.165) is 19.3 Å². The van der Waals surface area contributed by atoms with Crippen molar-refractivity contribution in [3.8, 4) is 0 Å². The second-order valence-corrected chi connectivity index (χ2v) is 9.58. The highest BCUT2D eigenvalue weighted by atomic mass is 16.7. The van der Waals surface area contributed by atoms with Crippen LogP contribution in [0.25, 0.3) is 0 Å². The first-order valence-corrected chi connectivity index (χ1v) is 13.3. The van der Waals surface area contributed by atoms with Crippen molar-refractivity contribution >= 4 is 18.0 Å². The first-order valence-electron chi connectivity index (χ1n) is 13.3. The van der Waals surface area contributed by atoms with E-state index in [9.17, 15) is 19.7 Å². The molecule has 1 atom stereocenters. The van der Waals surface area contributed by atoms with Crippen LogP contribution in [0.5, 0.6) is 0 Å². The number of carbonyl (C=O) groups excluding carboxylic acids is 2. The predicted octanol–water partition coefficient (Wildman–Crippen LogP) is 7.60. The summed E-state index contributed by atoms with van der Waals surface area (Å²) in [5, 5.41) is 14.5. The summed E-state index contributed by atoms with van der Waals surface area (Å²) in [5.41, 5.74) is 1.20. The molecule has 10 nitrogen and oxygen atoms in total. The Labute approximate surface area is 224 Å². The number of rotatable bonds is 14. The summed E-state index contributed by atoms with van der Waals surface area (Å²) in [5.74, 6) is -0.705. The van der Waals surface area contributed by atoms with Gasteiger partial charge < -0.3 is 24.3 Å². The lowest BCUT2D eigenvalue weighted by Crippen LogP contribution is -2.29. The Kier molecular flexibility index (Phi) is 12.6. The average molecular weight is 533 g/mol. The average Bonchev–Trinajstić information content (AvgIpc) is 2.85. The van der Waals surface area contributed by atoms with Gasteiger partial charge in [-0.1, -0.05) is 64.0 Å². The van der Waals surface area contributed by atoms with Gasteiger partial charge in [-0.25, -0.2) is 9.59 Å². The van der Waals surface area contributed by atoms with Gasteiger partial charge in [-0.2, -0.15) is 0 Å². The Morgan fingerprint density at radius 3 is 2.11 bits per heavy atom. The molecule has 0 radical (unpaired) electrons. The number of hydrogen-bond donors (Lipinski definition) is 1. The van der Waals surface area contributed by atoms with Crippen LogP contribution < -0.4 is 5.32 Å². The zero-order chi connectivity index (χ0) is 28.1. The number of nitro groups is 1. The molecule has 0 aliphatic carbocycles. The second kappa shape index (κ2) is 15.6. The maximum absolute atomic E-state index is 12.6. The molecule has 2 rings (SSSR count). The molecule has 0 amide bonds. The number of benzene rings is 1. The third kappa shape index (κ3) is 9.72. The minimum Gasteiger partial charge on any atom is -0.434 e. The number of unbranched alkanes of at least 4 members (excludes halogenated alkanes) is 7. The van der Waals surface area contributed by atoms with Gasteiger partial charge in [0.05, 0.1) is 29.0 Å². The fraction of sp³-hybridized carbons (Fsp3) is 0.571. The van der Waals surface area contributed by atoms with Crippen molar-refractivity contribution in [2.75, 3.05) is 6.61 Å². The summed E-state index contributed by atoms with van der Waals surface area (Å²) >= 11 is 0. The van der Waals surface area contributed by atoms with Crippen molar-refractivity contribution in [1.82, 2.24) is 5.32 Å². The van der Waals surface area contributed by atoms with E-state index in [4.69, 9.17) is 18.9 Å². The summed E-state index contributed by atoms with van der Waals surface area (Å²) in [4.78, 5) is 35.9. The molecule has 0 spiro atoms. The molecule has 1 aliphatic rings. The largest absolute Gasteiger partial charge is 0.513 e. The molecule has 1 N–H and O–H groups in total. The van der Waals surface area contributed by atoms with Crippen molar-refractivity contribution in [1.29, 1.82) is 0 Å². The number of dihydropyridines is 1. The number of non-ortho nitro benzene ring substituents is 1. The second-order valence-electron chi connectivity index (χ2n) is 9.58. The fourth-order valence-electron chi connectivity index (χ4n) is 4.17. The highest BCUT2D eigenvalue weighted by Gasteiger charge is 2.36. The molecule has 0 saturated carbocycles. The molecule has 1 unspecified atom stereocenters. The lowest BCUT2D eigenvalue weighted by Gasteiger charge is -2.30. The van der Waals surface area contributed by atoms with E-state index in [-0.39, 0.29) is 23.8 Å². The Morgan fingerprint density at radius 1 is 0.947 bits per heavy atom. The zero-order valence-corrected chi connectivity index (χ0v) is 23.0. The molecule has 0 saturated heterocycles. The molecule has 0 aromatic heterocycles. The van der Waals surface area contributed by atoms with E-state index in [1.807, 2.05) is 0 Å². The number of hydrogen-bond acceptors (Lipinski definition) is 9. The minimum atomic E-state index is -0.942. The predicted molar refractivity (Wildman–Crippen MR) is 142 cm³/mol. The maximum atomic E-state index is 12.6. The van der Waals surface area contributed by atoms with Gasteiger partial charge in [-0.3, -0.25) is 10.1 Å². The topological polar surface area (TPSA) is 126 Å². The van der Waals surface area contributed by atoms with Gasteiger partial charge in [0.25, 0.3) is 5.69 Å². The summed E-state index contributed by atoms with van der Waals surface area (Å²) in [6.45, 7) is 9.15. The quantitative estimate of drug-likeness (QED) is 0.111. The third-order valence-corrected chi connectivity index (χ3v) is 5.99. The summed E-state index contributed by atoms with van der Waals surface area (Å²) in [6, 6.07) is 5.85. The van der Waals surface area contributed by atoms with Crippen LogP contribution in [-0.2, 0) is 18.9 Å². The number of nitro benzene ring substituents is 1. The van der Waals surface area contributed by atoms with Crippen LogP contribution in [0.4, 0.5) is 15.3 Å². The molecule has 10 heteroatoms. The van der Waals surface area contributed by atoms with Gasteiger partial charge in [0, 0.05) is 12.1 Å². The molecule has 0 bridgehead atoms. The van der Waals surface area contributed by atoms with Gasteiger partial charge in [0.1, 0.15) is 17.4 Å². The Balaban J connectivity index is 2.15. The van der Waals surface area contributed by atoms with E-state index < -0.39 is 29.3 Å². The lowest BCUT2D eigenvalue weighted by atomic mass is 9.90. The van der Waals surface area contributed by atoms with Gasteiger partial charge in [-0.15, -0.1) is 0 Å². The van der Waals surface area contributed by atoms with E-state index in [1.54, 1.807) is 33.8 Å². The van der Waals surface area contributed by atoms with Crippen molar-refractivity contribution in [2.45, 2.75) is 98.0 Å². The smallest absolute Gasteiger partial charge is 0.434 e. The molecule has 38 heavy (non-hydrogen) atoms. The standard InChI is InChI=1S/C28H40N2O8/c1-6-7-8-9-10-11-12-13-17-35-27(31)37-25-20(4)29-21(5)26(38-28(32)36-19(2)3)24(25)22-15-14-16-23(18-22)30(33)34/h14-16,18-19,24,29H,6-13,17H2,1-5H3. The summed E-state index contributed by atoms with van der Waals surface area (Å²) < 4.78 is 21.6. The van der Waals surface area contributed by atoms with Crippen LogP contribution in [-0.4, -0.2) is 29.9 Å². The third-order valence-electron chi connectivity index (χ3n) is 5.99. The van der Waals surface area contributed by atoms with Gasteiger partial charge >= 0.3 is 12.3 Å². The maximum Gasteiger partial charge on any atom is 0.513 e. The first-order chi connectivity index (χ1) is 18.1. The summed E-state index contributed by atoms with van der Waals surface area (Å²) in [7, 11) is 0. The number of ether oxygens (including phenoxy) is 4. The van der Waals surface area contributed by atoms with Crippen LogP contribution in [0.1, 0.15) is 97.5 Å². The Bertz CT molecular complexity index is 1030. The fourth-order valence-corrected chi connectivity index (χ4v) is 4.17. The van der Waals surface area contributed by atoms with Crippen LogP contribution in [0.3, 0.4) is 0 Å². The van der Waals surface area contributed by atoms with E-state index in [2.05, 4.69) is 12.2 Å². The van der Waals surface area contributed by atoms with Crippen LogP contribution in [0.15, 0.2) is 47.2 Å². The normalized spacial score (nSPS) is 15.3. The zero-order valence-electron chi connectivity index (χ0n) is 23.0. The van der Waals surface area contributed by atoms with Crippen LogP contribution in [0, 0.1) is 10.1 Å². The van der Waals surface area contributed by atoms with Crippen LogP contribution >= 0.6 is 0 Å². The highest BCUT2D eigenvalue weighted by molar-refractivity contribution is 5.65. The van der Waals surface area contributed by atoms with Crippen molar-refractivity contribution in [2.24, 2.45) is 0 Å². The van der Waals surface area contributed by atoms with Crippen LogP contribution in [0.2, 0.25) is 0 Å². The number of allylic oxidation sites excluding steroid dienone is 2. The van der Waals surface area contributed by atoms with Gasteiger partial charge in [-0.05, 0) is 39.7 Å². The number of nitrogens with one attached hydrogen (secondary N) is 1. The van der Waals surface area contributed by atoms with E-state index >= 15 is 0 Å². The molecule has 1 aliphatic heterocycles. The molecule has 1 heterocycles. The monoisotopic (exact) mass is 532 g/mol. The van der Waals surface area contributed by atoms with Crippen molar-refractivity contribution in [3.63, 3.8) is 0 Å². The Hall–Kier alpha value is -3.56. The Morgan fingerprint density at radius 2 is 1.53 bits per heavy atom.